The van der Waals surface area contributed by atoms with Gasteiger partial charge in [0, 0.05) is 27.2 Å². The van der Waals surface area contributed by atoms with Gasteiger partial charge in [-0.05, 0) is 61.4 Å². The fourth-order valence-electron chi connectivity index (χ4n) is 3.95. The predicted octanol–water partition coefficient (Wildman–Crippen LogP) is 6.46. The van der Waals surface area contributed by atoms with Crippen molar-refractivity contribution in [2.24, 2.45) is 0 Å². The maximum atomic E-state index is 13.5. The number of hydrogen-bond donors (Lipinski definition) is 3. The molecule has 34 heavy (non-hydrogen) atoms. The molecule has 0 unspecified atom stereocenters. The Kier molecular flexibility index (Phi) is 6.91. The minimum Gasteiger partial charge on any atom is -0.385 e. The Bertz CT molecular complexity index is 1360. The number of nitrogens with two attached hydrogens (primary N) is 1. The Morgan fingerprint density at radius 1 is 0.971 bits per heavy atom. The highest BCUT2D eigenvalue weighted by atomic mass is 79.9. The number of halogens is 2. The summed E-state index contributed by atoms with van der Waals surface area (Å²) in [6.45, 7) is 4.24. The molecule has 0 fully saturated rings. The largest absolute Gasteiger partial charge is 0.385 e. The molecule has 1 heterocycles. The third-order valence-electron chi connectivity index (χ3n) is 5.47. The van der Waals surface area contributed by atoms with Crippen molar-refractivity contribution in [2.45, 2.75) is 20.4 Å². The van der Waals surface area contributed by atoms with Crippen LogP contribution in [0.5, 0.6) is 0 Å². The number of carbonyl (C=O) groups is 2. The molecular formula is C27H23BrClN3O2. The van der Waals surface area contributed by atoms with Crippen molar-refractivity contribution in [3.8, 4) is 11.1 Å². The minimum absolute atomic E-state index is 0.142. The Morgan fingerprint density at radius 3 is 2.21 bits per heavy atom. The van der Waals surface area contributed by atoms with Crippen LogP contribution in [-0.2, 0) is 6.54 Å². The number of rotatable bonds is 6. The summed E-state index contributed by atoms with van der Waals surface area (Å²) in [5.74, 6) is -0.471. The Labute approximate surface area is 211 Å². The number of carbonyl (C=O) groups excluding carboxylic acids is 2. The van der Waals surface area contributed by atoms with Gasteiger partial charge in [0.05, 0.1) is 11.3 Å². The summed E-state index contributed by atoms with van der Waals surface area (Å²) in [5.41, 5.74) is 11.5. The second-order valence-electron chi connectivity index (χ2n) is 8.19. The van der Waals surface area contributed by atoms with Crippen molar-refractivity contribution in [1.29, 1.82) is 0 Å². The second-order valence-corrected chi connectivity index (χ2v) is 9.54. The van der Waals surface area contributed by atoms with Gasteiger partial charge in [0.2, 0.25) is 5.78 Å². The predicted molar refractivity (Wildman–Crippen MR) is 140 cm³/mol. The van der Waals surface area contributed by atoms with Crippen molar-refractivity contribution in [3.63, 3.8) is 0 Å². The average molecular weight is 537 g/mol. The molecule has 1 aromatic heterocycles. The number of aromatic nitrogens is 1. The van der Waals surface area contributed by atoms with Gasteiger partial charge >= 0.3 is 0 Å². The molecule has 0 saturated carbocycles. The smallest absolute Gasteiger partial charge is 0.255 e. The number of benzene rings is 3. The molecule has 0 bridgehead atoms. The van der Waals surface area contributed by atoms with Crippen molar-refractivity contribution >= 4 is 45.0 Å². The van der Waals surface area contributed by atoms with Crippen LogP contribution < -0.4 is 11.1 Å². The zero-order valence-corrected chi connectivity index (χ0v) is 21.0. The molecule has 1 amide bonds. The van der Waals surface area contributed by atoms with Gasteiger partial charge in [-0.2, -0.15) is 0 Å². The summed E-state index contributed by atoms with van der Waals surface area (Å²) in [4.78, 5) is 29.8. The van der Waals surface area contributed by atoms with E-state index in [1.165, 1.54) is 0 Å². The van der Waals surface area contributed by atoms with E-state index in [9.17, 15) is 9.59 Å². The first-order valence-electron chi connectivity index (χ1n) is 10.7. The quantitative estimate of drug-likeness (QED) is 0.247. The van der Waals surface area contributed by atoms with Crippen LogP contribution in [-0.4, -0.2) is 16.7 Å². The first kappa shape index (κ1) is 23.8. The lowest BCUT2D eigenvalue weighted by atomic mass is 9.94. The monoisotopic (exact) mass is 535 g/mol. The third-order valence-corrected chi connectivity index (χ3v) is 6.25. The Balaban J connectivity index is 1.79. The summed E-state index contributed by atoms with van der Waals surface area (Å²) in [6.07, 6.45) is 0. The van der Waals surface area contributed by atoms with Crippen LogP contribution in [0.3, 0.4) is 0 Å². The topological polar surface area (TPSA) is 88.0 Å². The first-order valence-corrected chi connectivity index (χ1v) is 11.8. The molecule has 5 nitrogen and oxygen atoms in total. The fraction of sp³-hybridized carbons (Fsp3) is 0.111. The van der Waals surface area contributed by atoms with Crippen LogP contribution in [0, 0.1) is 13.8 Å². The average Bonchev–Trinajstić information content (AvgIpc) is 3.15. The van der Waals surface area contributed by atoms with Gasteiger partial charge in [0.25, 0.3) is 5.91 Å². The summed E-state index contributed by atoms with van der Waals surface area (Å²) in [7, 11) is 0. The highest BCUT2D eigenvalue weighted by Crippen LogP contribution is 2.34. The van der Waals surface area contributed by atoms with E-state index in [0.29, 0.717) is 22.7 Å². The molecule has 0 aliphatic heterocycles. The number of aryl methyl sites for hydroxylation is 2. The molecule has 4 aromatic rings. The Hall–Kier alpha value is -3.35. The van der Waals surface area contributed by atoms with Crippen LogP contribution in [0.2, 0.25) is 5.02 Å². The van der Waals surface area contributed by atoms with Crippen LogP contribution in [0.4, 0.5) is 5.82 Å². The molecule has 0 saturated heterocycles. The van der Waals surface area contributed by atoms with E-state index in [-0.39, 0.29) is 28.8 Å². The SMILES string of the molecule is Cc1cc(C)cc(-c2c(C(=O)c3ccc(Br)cc3)[nH]c(N)c2C(=O)NCc2ccc(Cl)cc2)c1. The van der Waals surface area contributed by atoms with Crippen molar-refractivity contribution in [1.82, 2.24) is 10.3 Å². The molecule has 0 aliphatic rings. The van der Waals surface area contributed by atoms with Gasteiger partial charge in [-0.1, -0.05) is 69.0 Å². The molecule has 172 valence electrons. The van der Waals surface area contributed by atoms with E-state index in [1.807, 2.05) is 44.2 Å². The van der Waals surface area contributed by atoms with Crippen LogP contribution in [0.1, 0.15) is 43.1 Å². The zero-order chi connectivity index (χ0) is 24.4. The molecule has 0 aliphatic carbocycles. The number of aromatic amines is 1. The summed E-state index contributed by atoms with van der Waals surface area (Å²) in [5, 5.41) is 3.54. The van der Waals surface area contributed by atoms with E-state index in [1.54, 1.807) is 36.4 Å². The van der Waals surface area contributed by atoms with Gasteiger partial charge in [-0.25, -0.2) is 0 Å². The summed E-state index contributed by atoms with van der Waals surface area (Å²) < 4.78 is 0.867. The number of hydrogen-bond acceptors (Lipinski definition) is 3. The lowest BCUT2D eigenvalue weighted by Crippen LogP contribution is -2.24. The number of amides is 1. The van der Waals surface area contributed by atoms with Gasteiger partial charge in [0.1, 0.15) is 5.82 Å². The van der Waals surface area contributed by atoms with E-state index < -0.39 is 0 Å². The maximum Gasteiger partial charge on any atom is 0.255 e. The van der Waals surface area contributed by atoms with Crippen molar-refractivity contribution in [2.75, 3.05) is 5.73 Å². The molecule has 0 radical (unpaired) electrons. The second kappa shape index (κ2) is 9.87. The lowest BCUT2D eigenvalue weighted by Gasteiger charge is -2.11. The van der Waals surface area contributed by atoms with Gasteiger partial charge in [0.15, 0.2) is 0 Å². The first-order chi connectivity index (χ1) is 16.2. The normalized spacial score (nSPS) is 10.8. The number of ketones is 1. The van der Waals surface area contributed by atoms with Gasteiger partial charge in [-0.3, -0.25) is 9.59 Å². The molecule has 4 rings (SSSR count). The maximum absolute atomic E-state index is 13.5. The molecule has 7 heteroatoms. The standard InChI is InChI=1S/C27H23BrClN3O2/c1-15-11-16(2)13-19(12-15)22-23(27(34)31-14-17-3-9-21(29)10-4-17)26(30)32-24(22)25(33)18-5-7-20(28)8-6-18/h3-13,32H,14,30H2,1-2H3,(H,31,34). The summed E-state index contributed by atoms with van der Waals surface area (Å²) >= 11 is 9.35. The lowest BCUT2D eigenvalue weighted by molar-refractivity contribution is 0.0952. The van der Waals surface area contributed by atoms with E-state index in [2.05, 4.69) is 26.2 Å². The highest BCUT2D eigenvalue weighted by Gasteiger charge is 2.27. The molecule has 4 N–H and O–H groups in total. The molecule has 0 spiro atoms. The number of nitrogens with one attached hydrogen (secondary N) is 2. The van der Waals surface area contributed by atoms with Crippen LogP contribution in [0.15, 0.2) is 71.2 Å². The van der Waals surface area contributed by atoms with Gasteiger partial charge < -0.3 is 16.0 Å². The third kappa shape index (κ3) is 5.08. The number of anilines is 1. The molecule has 3 aromatic carbocycles. The van der Waals surface area contributed by atoms with E-state index in [0.717, 1.165) is 26.7 Å². The fourth-order valence-corrected chi connectivity index (χ4v) is 4.34. The van der Waals surface area contributed by atoms with Crippen molar-refractivity contribution in [3.05, 3.63) is 110 Å². The van der Waals surface area contributed by atoms with Crippen LogP contribution >= 0.6 is 27.5 Å². The number of H-pyrrole nitrogens is 1. The van der Waals surface area contributed by atoms with Crippen LogP contribution in [0.25, 0.3) is 11.1 Å². The minimum atomic E-state index is -0.368. The van der Waals surface area contributed by atoms with E-state index in [4.69, 9.17) is 17.3 Å². The molecule has 0 atom stereocenters. The van der Waals surface area contributed by atoms with Gasteiger partial charge in [-0.15, -0.1) is 0 Å². The highest BCUT2D eigenvalue weighted by molar-refractivity contribution is 9.10. The number of nitrogen functional groups attached to an aromatic ring is 1. The summed E-state index contributed by atoms with van der Waals surface area (Å²) in [6, 6.07) is 20.2. The Morgan fingerprint density at radius 2 is 1.59 bits per heavy atom. The zero-order valence-electron chi connectivity index (χ0n) is 18.7. The molecular weight excluding hydrogens is 514 g/mol. The van der Waals surface area contributed by atoms with Crippen molar-refractivity contribution < 1.29 is 9.59 Å². The van der Waals surface area contributed by atoms with E-state index >= 15 is 0 Å².